The molecule has 0 aliphatic carbocycles. The van der Waals surface area contributed by atoms with Crippen molar-refractivity contribution in [3.8, 4) is 17.2 Å². The van der Waals surface area contributed by atoms with Crippen molar-refractivity contribution < 1.29 is 28.5 Å². The van der Waals surface area contributed by atoms with Crippen LogP contribution in [0.1, 0.15) is 5.56 Å². The molecule has 34 heavy (non-hydrogen) atoms. The molecular weight excluding hydrogens is 438 g/mol. The first-order chi connectivity index (χ1) is 16.5. The van der Waals surface area contributed by atoms with E-state index >= 15 is 0 Å². The number of hydrogen-bond donors (Lipinski definition) is 1. The predicted molar refractivity (Wildman–Crippen MR) is 129 cm³/mol. The highest BCUT2D eigenvalue weighted by Crippen LogP contribution is 2.29. The minimum Gasteiger partial charge on any atom is -0.495 e. The molecule has 1 saturated heterocycles. The van der Waals surface area contributed by atoms with Crippen molar-refractivity contribution in [2.75, 3.05) is 72.2 Å². The van der Waals surface area contributed by atoms with Crippen molar-refractivity contribution in [2.24, 2.45) is 0 Å². The number of anilines is 1. The number of amides is 2. The number of methoxy groups -OCH3 is 3. The summed E-state index contributed by atoms with van der Waals surface area (Å²) in [6.45, 7) is 2.80. The van der Waals surface area contributed by atoms with Crippen LogP contribution < -0.4 is 24.4 Å². The van der Waals surface area contributed by atoms with E-state index in [0.717, 1.165) is 17.0 Å². The van der Waals surface area contributed by atoms with Gasteiger partial charge in [-0.2, -0.15) is 0 Å². The normalized spacial score (nSPS) is 13.4. The number of benzene rings is 2. The molecule has 0 saturated carbocycles. The Morgan fingerprint density at radius 3 is 2.26 bits per heavy atom. The zero-order valence-corrected chi connectivity index (χ0v) is 20.0. The molecular formula is C25H33N3O6. The van der Waals surface area contributed by atoms with Crippen LogP contribution in [0.4, 0.5) is 5.69 Å². The molecule has 3 rings (SSSR count). The third-order valence-electron chi connectivity index (χ3n) is 5.70. The van der Waals surface area contributed by atoms with Gasteiger partial charge in [-0.15, -0.1) is 0 Å². The molecule has 2 aromatic rings. The number of ether oxygens (including phenoxy) is 4. The van der Waals surface area contributed by atoms with Gasteiger partial charge in [0.25, 0.3) is 0 Å². The smallest absolute Gasteiger partial charge is 0.248 e. The van der Waals surface area contributed by atoms with Gasteiger partial charge in [0.2, 0.25) is 11.8 Å². The van der Waals surface area contributed by atoms with Crippen LogP contribution in [0.15, 0.2) is 42.5 Å². The number of para-hydroxylation sites is 2. The Kier molecular flexibility index (Phi) is 9.40. The van der Waals surface area contributed by atoms with Gasteiger partial charge in [-0.1, -0.05) is 18.2 Å². The van der Waals surface area contributed by atoms with E-state index in [0.29, 0.717) is 50.6 Å². The first kappa shape index (κ1) is 25.2. The summed E-state index contributed by atoms with van der Waals surface area (Å²) < 4.78 is 21.3. The quantitative estimate of drug-likeness (QED) is 0.534. The van der Waals surface area contributed by atoms with Gasteiger partial charge < -0.3 is 34.1 Å². The van der Waals surface area contributed by atoms with Gasteiger partial charge in [0.05, 0.1) is 27.0 Å². The highest BCUT2D eigenvalue weighted by molar-refractivity contribution is 5.80. The zero-order chi connectivity index (χ0) is 24.3. The third-order valence-corrected chi connectivity index (χ3v) is 5.70. The first-order valence-corrected chi connectivity index (χ1v) is 11.3. The van der Waals surface area contributed by atoms with Crippen LogP contribution in [0.2, 0.25) is 0 Å². The lowest BCUT2D eigenvalue weighted by Gasteiger charge is -2.36. The van der Waals surface area contributed by atoms with Gasteiger partial charge in [0.1, 0.15) is 19.0 Å². The Labute approximate surface area is 200 Å². The van der Waals surface area contributed by atoms with E-state index in [2.05, 4.69) is 10.2 Å². The summed E-state index contributed by atoms with van der Waals surface area (Å²) in [4.78, 5) is 28.5. The summed E-state index contributed by atoms with van der Waals surface area (Å²) in [6, 6.07) is 13.5. The lowest BCUT2D eigenvalue weighted by Crippen LogP contribution is -2.50. The van der Waals surface area contributed by atoms with Gasteiger partial charge in [0, 0.05) is 32.7 Å². The standard InChI is InChI=1S/C25H33N3O6/c1-31-21-7-5-4-6-20(21)27-12-14-28(15-13-27)25(30)18-34-17-24(29)26-11-10-19-8-9-22(32-2)23(16-19)33-3/h4-9,16H,10-15,17-18H2,1-3H3,(H,26,29). The molecule has 2 aromatic carbocycles. The number of nitrogens with zero attached hydrogens (tertiary/aromatic N) is 2. The number of rotatable bonds is 11. The van der Waals surface area contributed by atoms with Gasteiger partial charge in [-0.25, -0.2) is 0 Å². The molecule has 0 spiro atoms. The minimum absolute atomic E-state index is 0.113. The zero-order valence-electron chi connectivity index (χ0n) is 20.0. The molecule has 9 heteroatoms. The molecule has 1 N–H and O–H groups in total. The fraction of sp³-hybridized carbons (Fsp3) is 0.440. The highest BCUT2D eigenvalue weighted by Gasteiger charge is 2.23. The van der Waals surface area contributed by atoms with Crippen molar-refractivity contribution in [3.05, 3.63) is 48.0 Å². The van der Waals surface area contributed by atoms with Gasteiger partial charge in [0.15, 0.2) is 11.5 Å². The number of carbonyl (C=O) groups is 2. The Morgan fingerprint density at radius 2 is 1.56 bits per heavy atom. The largest absolute Gasteiger partial charge is 0.495 e. The Bertz CT molecular complexity index is 959. The van der Waals surface area contributed by atoms with Crippen molar-refractivity contribution >= 4 is 17.5 Å². The summed E-state index contributed by atoms with van der Waals surface area (Å²) in [5.41, 5.74) is 2.04. The lowest BCUT2D eigenvalue weighted by atomic mass is 10.1. The van der Waals surface area contributed by atoms with E-state index < -0.39 is 0 Å². The minimum atomic E-state index is -0.255. The van der Waals surface area contributed by atoms with E-state index in [-0.39, 0.29) is 25.0 Å². The second-order valence-electron chi connectivity index (χ2n) is 7.82. The second kappa shape index (κ2) is 12.7. The van der Waals surface area contributed by atoms with Crippen LogP contribution in [0.5, 0.6) is 17.2 Å². The summed E-state index contributed by atoms with van der Waals surface area (Å²) in [6.07, 6.45) is 0.640. The molecule has 9 nitrogen and oxygen atoms in total. The van der Waals surface area contributed by atoms with E-state index in [4.69, 9.17) is 18.9 Å². The molecule has 0 radical (unpaired) electrons. The average molecular weight is 472 g/mol. The molecule has 0 atom stereocenters. The van der Waals surface area contributed by atoms with E-state index in [1.807, 2.05) is 42.5 Å². The van der Waals surface area contributed by atoms with Crippen LogP contribution in [0.25, 0.3) is 0 Å². The average Bonchev–Trinajstić information content (AvgIpc) is 2.88. The topological polar surface area (TPSA) is 89.6 Å². The van der Waals surface area contributed by atoms with Crippen LogP contribution >= 0.6 is 0 Å². The van der Waals surface area contributed by atoms with E-state index in [1.165, 1.54) is 0 Å². The van der Waals surface area contributed by atoms with E-state index in [9.17, 15) is 9.59 Å². The van der Waals surface area contributed by atoms with Crippen molar-refractivity contribution in [1.29, 1.82) is 0 Å². The van der Waals surface area contributed by atoms with Crippen molar-refractivity contribution in [2.45, 2.75) is 6.42 Å². The first-order valence-electron chi connectivity index (χ1n) is 11.3. The SMILES string of the molecule is COc1ccc(CCNC(=O)COCC(=O)N2CCN(c3ccccc3OC)CC2)cc1OC. The number of nitrogens with one attached hydrogen (secondary N) is 1. The van der Waals surface area contributed by atoms with Crippen molar-refractivity contribution in [3.63, 3.8) is 0 Å². The molecule has 0 aromatic heterocycles. The summed E-state index contributed by atoms with van der Waals surface area (Å²) in [5, 5.41) is 2.81. The van der Waals surface area contributed by atoms with E-state index in [1.54, 1.807) is 26.2 Å². The molecule has 0 bridgehead atoms. The molecule has 1 aliphatic rings. The maximum atomic E-state index is 12.5. The maximum absolute atomic E-state index is 12.5. The van der Waals surface area contributed by atoms with Crippen LogP contribution in [0.3, 0.4) is 0 Å². The van der Waals surface area contributed by atoms with Gasteiger partial charge in [-0.05, 0) is 36.2 Å². The molecule has 0 unspecified atom stereocenters. The molecule has 184 valence electrons. The van der Waals surface area contributed by atoms with Gasteiger partial charge >= 0.3 is 0 Å². The number of hydrogen-bond acceptors (Lipinski definition) is 7. The van der Waals surface area contributed by atoms with Crippen molar-refractivity contribution in [1.82, 2.24) is 10.2 Å². The number of piperazine rings is 1. The Hall–Kier alpha value is -3.46. The fourth-order valence-corrected chi connectivity index (χ4v) is 3.84. The number of carbonyl (C=O) groups excluding carboxylic acids is 2. The molecule has 2 amide bonds. The van der Waals surface area contributed by atoms with Crippen LogP contribution in [-0.2, 0) is 20.7 Å². The van der Waals surface area contributed by atoms with Crippen LogP contribution in [0, 0.1) is 0 Å². The molecule has 1 fully saturated rings. The maximum Gasteiger partial charge on any atom is 0.248 e. The third kappa shape index (κ3) is 6.77. The lowest BCUT2D eigenvalue weighted by molar-refractivity contribution is -0.138. The predicted octanol–water partition coefficient (Wildman–Crippen LogP) is 1.74. The Balaban J connectivity index is 1.33. The highest BCUT2D eigenvalue weighted by atomic mass is 16.5. The fourth-order valence-electron chi connectivity index (χ4n) is 3.84. The van der Waals surface area contributed by atoms with Gasteiger partial charge in [-0.3, -0.25) is 9.59 Å². The summed E-state index contributed by atoms with van der Waals surface area (Å²) in [7, 11) is 4.83. The molecule has 1 aliphatic heterocycles. The molecule has 1 heterocycles. The summed E-state index contributed by atoms with van der Waals surface area (Å²) in [5.74, 6) is 1.77. The van der Waals surface area contributed by atoms with Crippen LogP contribution in [-0.4, -0.2) is 84.0 Å². The second-order valence-corrected chi connectivity index (χ2v) is 7.82. The Morgan fingerprint density at radius 1 is 0.853 bits per heavy atom. The summed E-state index contributed by atoms with van der Waals surface area (Å²) >= 11 is 0. The monoisotopic (exact) mass is 471 g/mol.